The standard InChI is InChI=1S/C10H23NO6P2/c1-2-3-4-5-6-7-8-11-10(19(15,16)17)9-18(12,13)14/h12-14H,2-9H2,1H3,(H-,15,16,17)/p+1. The van der Waals surface area contributed by atoms with E-state index in [1.807, 2.05) is 0 Å². The molecule has 114 valence electrons. The SMILES string of the molecule is CCCCCCCCN=C(C[P+](O)(O)O)P(=O)(O)O. The zero-order valence-corrected chi connectivity index (χ0v) is 12.9. The Balaban J connectivity index is 4.17. The number of aliphatic imine (C=N–C) groups is 1. The molecule has 7 nitrogen and oxygen atoms in total. The zero-order chi connectivity index (χ0) is 14.9. The molecule has 0 aromatic carbocycles. The quantitative estimate of drug-likeness (QED) is 0.237. The molecule has 0 saturated carbocycles. The molecule has 0 atom stereocenters. The van der Waals surface area contributed by atoms with Crippen LogP contribution < -0.4 is 0 Å². The average Bonchev–Trinajstić information content (AvgIpc) is 2.23. The number of nitrogens with zero attached hydrogens (tertiary/aromatic N) is 1. The first kappa shape index (κ1) is 19.1. The van der Waals surface area contributed by atoms with Crippen LogP contribution in [0.25, 0.3) is 0 Å². The van der Waals surface area contributed by atoms with E-state index in [-0.39, 0.29) is 6.54 Å². The van der Waals surface area contributed by atoms with Gasteiger partial charge >= 0.3 is 15.5 Å². The van der Waals surface area contributed by atoms with Gasteiger partial charge in [0.15, 0.2) is 11.6 Å². The molecular weight excluding hydrogens is 292 g/mol. The van der Waals surface area contributed by atoms with Crippen LogP contribution in [0.4, 0.5) is 0 Å². The van der Waals surface area contributed by atoms with Gasteiger partial charge in [-0.1, -0.05) is 39.0 Å². The predicted molar refractivity (Wildman–Crippen MR) is 76.2 cm³/mol. The van der Waals surface area contributed by atoms with E-state index in [0.29, 0.717) is 6.42 Å². The van der Waals surface area contributed by atoms with Crippen LogP contribution in [0.1, 0.15) is 45.4 Å². The van der Waals surface area contributed by atoms with Crippen molar-refractivity contribution in [3.8, 4) is 0 Å². The van der Waals surface area contributed by atoms with Crippen molar-refractivity contribution in [2.24, 2.45) is 4.99 Å². The van der Waals surface area contributed by atoms with Gasteiger partial charge in [0.1, 0.15) is 0 Å². The fourth-order valence-electron chi connectivity index (χ4n) is 1.52. The minimum atomic E-state index is -4.64. The maximum absolute atomic E-state index is 11.1. The molecule has 5 N–H and O–H groups in total. The third-order valence-electron chi connectivity index (χ3n) is 2.50. The summed E-state index contributed by atoms with van der Waals surface area (Å²) in [6, 6.07) is 0. The highest BCUT2D eigenvalue weighted by Crippen LogP contribution is 2.50. The molecule has 0 heterocycles. The Labute approximate surface area is 114 Å². The Hall–Kier alpha value is 0.130. The second-order valence-corrected chi connectivity index (χ2v) is 7.77. The van der Waals surface area contributed by atoms with Gasteiger partial charge in [0, 0.05) is 6.54 Å². The Morgan fingerprint density at radius 2 is 1.58 bits per heavy atom. The predicted octanol–water partition coefficient (Wildman–Crippen LogP) is 1.66. The summed E-state index contributed by atoms with van der Waals surface area (Å²) in [5, 5.41) is 0. The monoisotopic (exact) mass is 316 g/mol. The first-order valence-corrected chi connectivity index (χ1v) is 9.77. The maximum atomic E-state index is 11.1. The minimum absolute atomic E-state index is 0.215. The van der Waals surface area contributed by atoms with Crippen molar-refractivity contribution >= 4 is 21.0 Å². The van der Waals surface area contributed by atoms with Crippen LogP contribution in [0, 0.1) is 0 Å². The molecule has 19 heavy (non-hydrogen) atoms. The van der Waals surface area contributed by atoms with Gasteiger partial charge < -0.3 is 9.79 Å². The number of hydrogen-bond acceptors (Lipinski definition) is 5. The van der Waals surface area contributed by atoms with Gasteiger partial charge in [-0.2, -0.15) is 14.7 Å². The van der Waals surface area contributed by atoms with E-state index in [9.17, 15) is 4.57 Å². The largest absolute Gasteiger partial charge is 0.410 e. The average molecular weight is 316 g/mol. The zero-order valence-electron chi connectivity index (χ0n) is 11.1. The van der Waals surface area contributed by atoms with Crippen LogP contribution in [0.2, 0.25) is 0 Å². The smallest absolute Gasteiger partial charge is 0.320 e. The van der Waals surface area contributed by atoms with Gasteiger partial charge in [-0.25, -0.2) is 0 Å². The summed E-state index contributed by atoms with van der Waals surface area (Å²) in [7, 11) is -8.90. The summed E-state index contributed by atoms with van der Waals surface area (Å²) < 4.78 is 11.1. The lowest BCUT2D eigenvalue weighted by Crippen LogP contribution is -2.10. The van der Waals surface area contributed by atoms with E-state index in [1.54, 1.807) is 0 Å². The van der Waals surface area contributed by atoms with E-state index in [1.165, 1.54) is 6.42 Å². The highest BCUT2D eigenvalue weighted by Gasteiger charge is 2.39. The molecule has 0 aliphatic carbocycles. The van der Waals surface area contributed by atoms with Crippen LogP contribution in [0.3, 0.4) is 0 Å². The van der Waals surface area contributed by atoms with Crippen LogP contribution in [-0.4, -0.2) is 42.6 Å². The van der Waals surface area contributed by atoms with Crippen molar-refractivity contribution in [3.05, 3.63) is 0 Å². The van der Waals surface area contributed by atoms with Crippen LogP contribution >= 0.6 is 15.5 Å². The van der Waals surface area contributed by atoms with Gasteiger partial charge in [-0.05, 0) is 6.42 Å². The normalized spacial score (nSPS) is 13.9. The van der Waals surface area contributed by atoms with Gasteiger partial charge in [-0.15, -0.1) is 0 Å². The molecule has 0 unspecified atom stereocenters. The molecule has 0 saturated heterocycles. The Bertz CT molecular complexity index is 322. The fourth-order valence-corrected chi connectivity index (χ4v) is 3.59. The molecule has 0 aliphatic rings. The number of unbranched alkanes of at least 4 members (excludes halogenated alkanes) is 5. The summed E-state index contributed by atoms with van der Waals surface area (Å²) in [4.78, 5) is 48.2. The van der Waals surface area contributed by atoms with E-state index in [0.717, 1.165) is 25.7 Å². The molecule has 0 aromatic rings. The van der Waals surface area contributed by atoms with Crippen LogP contribution in [-0.2, 0) is 4.57 Å². The van der Waals surface area contributed by atoms with Gasteiger partial charge in [-0.3, -0.25) is 9.56 Å². The second-order valence-electron chi connectivity index (χ2n) is 4.46. The summed E-state index contributed by atoms with van der Waals surface area (Å²) in [6.07, 6.45) is 5.22. The van der Waals surface area contributed by atoms with Gasteiger partial charge in [0.2, 0.25) is 0 Å². The van der Waals surface area contributed by atoms with Crippen molar-refractivity contribution in [1.29, 1.82) is 0 Å². The molecule has 9 heteroatoms. The van der Waals surface area contributed by atoms with Crippen molar-refractivity contribution in [3.63, 3.8) is 0 Å². The topological polar surface area (TPSA) is 131 Å². The molecule has 0 bridgehead atoms. The highest BCUT2D eigenvalue weighted by molar-refractivity contribution is 7.74. The molecule has 0 aromatic heterocycles. The van der Waals surface area contributed by atoms with Crippen molar-refractivity contribution in [2.75, 3.05) is 12.7 Å². The Morgan fingerprint density at radius 1 is 1.05 bits per heavy atom. The van der Waals surface area contributed by atoms with Crippen molar-refractivity contribution < 1.29 is 29.0 Å². The molecule has 0 rings (SSSR count). The summed E-state index contributed by atoms with van der Waals surface area (Å²) >= 11 is 0. The van der Waals surface area contributed by atoms with Crippen molar-refractivity contribution in [1.82, 2.24) is 0 Å². The molecule has 0 fully saturated rings. The second kappa shape index (κ2) is 9.14. The molecule has 0 radical (unpaired) electrons. The highest BCUT2D eigenvalue weighted by atomic mass is 31.2. The lowest BCUT2D eigenvalue weighted by Gasteiger charge is -2.09. The van der Waals surface area contributed by atoms with E-state index >= 15 is 0 Å². The summed E-state index contributed by atoms with van der Waals surface area (Å²) in [5.74, 6) is 0. The summed E-state index contributed by atoms with van der Waals surface area (Å²) in [5.41, 5.74) is -0.637. The third kappa shape index (κ3) is 11.6. The van der Waals surface area contributed by atoms with Crippen LogP contribution in [0.15, 0.2) is 4.99 Å². The van der Waals surface area contributed by atoms with E-state index in [2.05, 4.69) is 11.9 Å². The summed E-state index contributed by atoms with van der Waals surface area (Å²) in [6.45, 7) is 2.33. The fraction of sp³-hybridized carbons (Fsp3) is 0.900. The molecular formula is C10H24NO6P2+. The van der Waals surface area contributed by atoms with Crippen LogP contribution in [0.5, 0.6) is 0 Å². The molecule has 0 spiro atoms. The minimum Gasteiger partial charge on any atom is -0.320 e. The first-order chi connectivity index (χ1) is 8.67. The van der Waals surface area contributed by atoms with Gasteiger partial charge in [0.05, 0.1) is 0 Å². The lowest BCUT2D eigenvalue weighted by molar-refractivity contribution is 0.335. The first-order valence-electron chi connectivity index (χ1n) is 6.32. The Morgan fingerprint density at radius 3 is 2.05 bits per heavy atom. The van der Waals surface area contributed by atoms with E-state index < -0.39 is 27.2 Å². The molecule has 0 amide bonds. The Kier molecular flexibility index (Phi) is 9.20. The maximum Gasteiger partial charge on any atom is 0.410 e. The van der Waals surface area contributed by atoms with Crippen molar-refractivity contribution in [2.45, 2.75) is 45.4 Å². The number of rotatable bonds is 10. The van der Waals surface area contributed by atoms with E-state index in [4.69, 9.17) is 24.5 Å². The lowest BCUT2D eigenvalue weighted by atomic mass is 10.1. The van der Waals surface area contributed by atoms with Gasteiger partial charge in [0.25, 0.3) is 0 Å². The number of hydrogen-bond donors (Lipinski definition) is 5. The molecule has 0 aliphatic heterocycles. The third-order valence-corrected chi connectivity index (χ3v) is 4.44.